The van der Waals surface area contributed by atoms with Crippen LogP contribution in [0.25, 0.3) is 0 Å². The zero-order chi connectivity index (χ0) is 17.7. The third kappa shape index (κ3) is 5.20. The van der Waals surface area contributed by atoms with Crippen molar-refractivity contribution >= 4 is 29.9 Å². The summed E-state index contributed by atoms with van der Waals surface area (Å²) in [5, 5.41) is 16.4. The van der Waals surface area contributed by atoms with E-state index in [2.05, 4.69) is 15.6 Å². The fourth-order valence-corrected chi connectivity index (χ4v) is 2.85. The number of rotatable bonds is 7. The molecule has 5 nitrogen and oxygen atoms in total. The molecule has 2 aromatic rings. The van der Waals surface area contributed by atoms with E-state index >= 15 is 0 Å². The van der Waals surface area contributed by atoms with Crippen molar-refractivity contribution in [3.63, 3.8) is 0 Å². The highest BCUT2D eigenvalue weighted by atomic mass is 127. The molecule has 1 aliphatic rings. The summed E-state index contributed by atoms with van der Waals surface area (Å²) in [5.41, 5.74) is 0.937. The highest BCUT2D eigenvalue weighted by molar-refractivity contribution is 14.0. The number of benzene rings is 1. The van der Waals surface area contributed by atoms with E-state index in [-0.39, 0.29) is 35.2 Å². The Morgan fingerprint density at radius 2 is 2.12 bits per heavy atom. The van der Waals surface area contributed by atoms with Crippen LogP contribution in [0.4, 0.5) is 4.39 Å². The van der Waals surface area contributed by atoms with E-state index in [1.165, 1.54) is 12.3 Å². The minimum absolute atomic E-state index is 0. The van der Waals surface area contributed by atoms with Gasteiger partial charge < -0.3 is 20.2 Å². The number of aliphatic imine (C=N–C) groups is 1. The molecule has 1 atom stereocenters. The van der Waals surface area contributed by atoms with Crippen LogP contribution in [0.1, 0.15) is 37.2 Å². The van der Waals surface area contributed by atoms with E-state index in [4.69, 9.17) is 4.42 Å². The van der Waals surface area contributed by atoms with Crippen LogP contribution < -0.4 is 10.6 Å². The predicted octanol–water partition coefficient (Wildman–Crippen LogP) is 3.36. The van der Waals surface area contributed by atoms with Crippen LogP contribution in [0.2, 0.25) is 0 Å². The lowest BCUT2D eigenvalue weighted by molar-refractivity contribution is 0.153. The van der Waals surface area contributed by atoms with Gasteiger partial charge in [0.2, 0.25) is 0 Å². The molecule has 0 bridgehead atoms. The largest absolute Gasteiger partial charge is 0.467 e. The highest BCUT2D eigenvalue weighted by Crippen LogP contribution is 2.48. The molecule has 0 aliphatic heterocycles. The van der Waals surface area contributed by atoms with Crippen molar-refractivity contribution in [1.82, 2.24) is 10.6 Å². The van der Waals surface area contributed by atoms with Crippen molar-refractivity contribution in [1.29, 1.82) is 0 Å². The first-order valence-electron chi connectivity index (χ1n) is 8.63. The number of aliphatic hydroxyl groups is 1. The molecule has 142 valence electrons. The van der Waals surface area contributed by atoms with Gasteiger partial charge in [0, 0.05) is 12.0 Å². The van der Waals surface area contributed by atoms with Crippen molar-refractivity contribution in [3.8, 4) is 0 Å². The number of halogens is 2. The molecule has 0 spiro atoms. The Labute approximate surface area is 170 Å². The SMILES string of the molecule is CCNC(=NCC1(c2cccc(F)c2)CC1)NCC(O)c1ccco1.I. The van der Waals surface area contributed by atoms with E-state index in [9.17, 15) is 9.50 Å². The average Bonchev–Trinajstić information content (AvgIpc) is 3.20. The van der Waals surface area contributed by atoms with Crippen LogP contribution in [0.3, 0.4) is 0 Å². The van der Waals surface area contributed by atoms with Gasteiger partial charge in [-0.2, -0.15) is 0 Å². The van der Waals surface area contributed by atoms with Crippen molar-refractivity contribution in [2.75, 3.05) is 19.6 Å². The summed E-state index contributed by atoms with van der Waals surface area (Å²) >= 11 is 0. The molecule has 0 saturated heterocycles. The Bertz CT molecular complexity index is 717. The first-order chi connectivity index (χ1) is 12.1. The van der Waals surface area contributed by atoms with Crippen molar-refractivity contribution in [3.05, 3.63) is 59.8 Å². The Kier molecular flexibility index (Phi) is 7.45. The molecular weight excluding hydrogens is 448 g/mol. The maximum Gasteiger partial charge on any atom is 0.191 e. The van der Waals surface area contributed by atoms with Crippen LogP contribution in [0, 0.1) is 5.82 Å². The lowest BCUT2D eigenvalue weighted by Crippen LogP contribution is -2.40. The Morgan fingerprint density at radius 3 is 2.73 bits per heavy atom. The molecule has 1 aliphatic carbocycles. The lowest BCUT2D eigenvalue weighted by atomic mass is 9.96. The van der Waals surface area contributed by atoms with E-state index in [0.717, 1.165) is 24.9 Å². The van der Waals surface area contributed by atoms with Crippen LogP contribution in [0.15, 0.2) is 52.1 Å². The highest BCUT2D eigenvalue weighted by Gasteiger charge is 2.44. The van der Waals surface area contributed by atoms with Crippen LogP contribution in [-0.2, 0) is 5.41 Å². The third-order valence-electron chi connectivity index (χ3n) is 4.51. The molecule has 1 heterocycles. The predicted molar refractivity (Wildman–Crippen MR) is 110 cm³/mol. The van der Waals surface area contributed by atoms with Crippen LogP contribution >= 0.6 is 24.0 Å². The van der Waals surface area contributed by atoms with Gasteiger partial charge in [0.15, 0.2) is 5.96 Å². The van der Waals surface area contributed by atoms with Gasteiger partial charge in [0.25, 0.3) is 0 Å². The zero-order valence-corrected chi connectivity index (χ0v) is 17.1. The summed E-state index contributed by atoms with van der Waals surface area (Å²) < 4.78 is 18.7. The lowest BCUT2D eigenvalue weighted by Gasteiger charge is -2.17. The summed E-state index contributed by atoms with van der Waals surface area (Å²) in [5.74, 6) is 0.942. The first-order valence-corrected chi connectivity index (χ1v) is 8.63. The summed E-state index contributed by atoms with van der Waals surface area (Å²) in [6.07, 6.45) is 2.81. The zero-order valence-electron chi connectivity index (χ0n) is 14.7. The molecule has 1 fully saturated rings. The van der Waals surface area contributed by atoms with E-state index in [1.807, 2.05) is 13.0 Å². The van der Waals surface area contributed by atoms with E-state index in [1.54, 1.807) is 24.3 Å². The maximum atomic E-state index is 13.5. The molecule has 1 aromatic heterocycles. The third-order valence-corrected chi connectivity index (χ3v) is 4.51. The molecule has 7 heteroatoms. The summed E-state index contributed by atoms with van der Waals surface area (Å²) in [6.45, 7) is 3.59. The van der Waals surface area contributed by atoms with Gasteiger partial charge in [-0.3, -0.25) is 4.99 Å². The Balaban J connectivity index is 0.00000243. The van der Waals surface area contributed by atoms with Crippen molar-refractivity contribution < 1.29 is 13.9 Å². The minimum atomic E-state index is -0.739. The summed E-state index contributed by atoms with van der Waals surface area (Å²) in [4.78, 5) is 4.64. The molecule has 0 amide bonds. The molecule has 26 heavy (non-hydrogen) atoms. The molecule has 1 aromatic carbocycles. The number of nitrogens with zero attached hydrogens (tertiary/aromatic N) is 1. The average molecular weight is 473 g/mol. The fraction of sp³-hybridized carbons (Fsp3) is 0.421. The summed E-state index contributed by atoms with van der Waals surface area (Å²) in [7, 11) is 0. The monoisotopic (exact) mass is 473 g/mol. The number of hydrogen-bond acceptors (Lipinski definition) is 3. The Hall–Kier alpha value is -1.61. The second-order valence-corrected chi connectivity index (χ2v) is 6.40. The van der Waals surface area contributed by atoms with Crippen molar-refractivity contribution in [2.24, 2.45) is 4.99 Å². The quantitative estimate of drug-likeness (QED) is 0.328. The second-order valence-electron chi connectivity index (χ2n) is 6.40. The van der Waals surface area contributed by atoms with Gasteiger partial charge in [0.1, 0.15) is 17.7 Å². The van der Waals surface area contributed by atoms with Gasteiger partial charge >= 0.3 is 0 Å². The normalized spacial score (nSPS) is 16.5. The number of furan rings is 1. The van der Waals surface area contributed by atoms with Gasteiger partial charge in [0.05, 0.1) is 19.4 Å². The van der Waals surface area contributed by atoms with Crippen LogP contribution in [-0.4, -0.2) is 30.7 Å². The molecular formula is C19H25FIN3O2. The number of hydrogen-bond donors (Lipinski definition) is 3. The topological polar surface area (TPSA) is 69.8 Å². The molecule has 0 radical (unpaired) electrons. The van der Waals surface area contributed by atoms with Gasteiger partial charge in [-0.05, 0) is 49.6 Å². The number of aliphatic hydroxyl groups excluding tert-OH is 1. The molecule has 3 N–H and O–H groups in total. The molecule has 1 unspecified atom stereocenters. The van der Waals surface area contributed by atoms with Gasteiger partial charge in [-0.15, -0.1) is 24.0 Å². The minimum Gasteiger partial charge on any atom is -0.467 e. The molecule has 3 rings (SSSR count). The maximum absolute atomic E-state index is 13.5. The molecule has 1 saturated carbocycles. The standard InChI is InChI=1S/C19H24FN3O2.HI/c1-2-21-18(22-12-16(24)17-7-4-10-25-17)23-13-19(8-9-19)14-5-3-6-15(20)11-14;/h3-7,10-11,16,24H,2,8-9,12-13H2,1H3,(H2,21,22,23);1H. The number of guanidine groups is 1. The van der Waals surface area contributed by atoms with Gasteiger partial charge in [-0.25, -0.2) is 4.39 Å². The number of nitrogens with one attached hydrogen (secondary N) is 2. The van der Waals surface area contributed by atoms with E-state index < -0.39 is 6.10 Å². The van der Waals surface area contributed by atoms with Crippen LogP contribution in [0.5, 0.6) is 0 Å². The van der Waals surface area contributed by atoms with E-state index in [0.29, 0.717) is 24.8 Å². The fourth-order valence-electron chi connectivity index (χ4n) is 2.85. The summed E-state index contributed by atoms with van der Waals surface area (Å²) in [6, 6.07) is 10.3. The smallest absolute Gasteiger partial charge is 0.191 e. The van der Waals surface area contributed by atoms with Gasteiger partial charge in [-0.1, -0.05) is 12.1 Å². The Morgan fingerprint density at radius 1 is 1.31 bits per heavy atom. The van der Waals surface area contributed by atoms with Crippen molar-refractivity contribution in [2.45, 2.75) is 31.3 Å². The first kappa shape index (κ1) is 20.7. The second kappa shape index (κ2) is 9.36.